The number of hydrogen-bond acceptors (Lipinski definition) is 4. The summed E-state index contributed by atoms with van der Waals surface area (Å²) in [5.41, 5.74) is 0. The predicted octanol–water partition coefficient (Wildman–Crippen LogP) is 2.80. The third kappa shape index (κ3) is 5.27. The highest BCUT2D eigenvalue weighted by Crippen LogP contribution is 2.22. The second-order valence-electron chi connectivity index (χ2n) is 7.40. The Labute approximate surface area is 155 Å². The van der Waals surface area contributed by atoms with Crippen LogP contribution in [0.2, 0.25) is 0 Å². The van der Waals surface area contributed by atoms with Crippen molar-refractivity contribution in [2.45, 2.75) is 50.7 Å². The number of rotatable bonds is 5. The molecular formula is C20H30N2O4. The quantitative estimate of drug-likeness (QED) is 0.845. The first-order valence-electron chi connectivity index (χ1n) is 9.64. The lowest BCUT2D eigenvalue weighted by Gasteiger charge is -2.35. The first-order valence-corrected chi connectivity index (χ1v) is 9.64. The van der Waals surface area contributed by atoms with Crippen molar-refractivity contribution in [3.05, 3.63) is 24.3 Å². The molecule has 144 valence electrons. The molecule has 1 aliphatic carbocycles. The number of amides is 2. The maximum atomic E-state index is 12.5. The van der Waals surface area contributed by atoms with Crippen molar-refractivity contribution in [2.24, 2.45) is 5.92 Å². The van der Waals surface area contributed by atoms with Gasteiger partial charge in [-0.15, -0.1) is 0 Å². The normalized spacial score (nSPS) is 26.2. The molecule has 1 heterocycles. The summed E-state index contributed by atoms with van der Waals surface area (Å²) in [5, 5.41) is 12.7. The zero-order chi connectivity index (χ0) is 18.4. The fourth-order valence-corrected chi connectivity index (χ4v) is 3.76. The lowest BCUT2D eigenvalue weighted by molar-refractivity contribution is 0.109. The summed E-state index contributed by atoms with van der Waals surface area (Å²) >= 11 is 0. The van der Waals surface area contributed by atoms with Crippen molar-refractivity contribution in [3.63, 3.8) is 0 Å². The van der Waals surface area contributed by atoms with E-state index in [2.05, 4.69) is 5.32 Å². The van der Waals surface area contributed by atoms with Crippen molar-refractivity contribution in [1.82, 2.24) is 10.2 Å². The zero-order valence-electron chi connectivity index (χ0n) is 15.5. The molecule has 26 heavy (non-hydrogen) atoms. The number of carbonyl (C=O) groups excluding carboxylic acids is 1. The minimum atomic E-state index is -0.197. The SMILES string of the molecule is COc1ccc(OC[C@H]2CCCN(C(=O)NC3CCC(O)CC3)C2)cc1. The van der Waals surface area contributed by atoms with Crippen LogP contribution in [0.4, 0.5) is 4.79 Å². The number of benzene rings is 1. The van der Waals surface area contributed by atoms with E-state index in [1.807, 2.05) is 29.2 Å². The monoisotopic (exact) mass is 362 g/mol. The number of piperidine rings is 1. The molecule has 2 aliphatic rings. The number of nitrogens with one attached hydrogen (secondary N) is 1. The molecule has 1 atom stereocenters. The molecule has 1 aromatic rings. The van der Waals surface area contributed by atoms with Gasteiger partial charge in [0, 0.05) is 25.0 Å². The number of urea groups is 1. The second-order valence-corrected chi connectivity index (χ2v) is 7.40. The molecule has 0 spiro atoms. The summed E-state index contributed by atoms with van der Waals surface area (Å²) in [6.07, 6.45) is 5.18. The van der Waals surface area contributed by atoms with E-state index < -0.39 is 0 Å². The average molecular weight is 362 g/mol. The molecule has 1 saturated heterocycles. The molecule has 1 aromatic carbocycles. The molecule has 0 bridgehead atoms. The van der Waals surface area contributed by atoms with Gasteiger partial charge in [0.05, 0.1) is 19.8 Å². The van der Waals surface area contributed by atoms with Crippen molar-refractivity contribution in [2.75, 3.05) is 26.8 Å². The van der Waals surface area contributed by atoms with Crippen LogP contribution in [0.15, 0.2) is 24.3 Å². The van der Waals surface area contributed by atoms with E-state index in [4.69, 9.17) is 9.47 Å². The highest BCUT2D eigenvalue weighted by molar-refractivity contribution is 5.74. The van der Waals surface area contributed by atoms with Gasteiger partial charge in [-0.1, -0.05) is 0 Å². The van der Waals surface area contributed by atoms with Gasteiger partial charge >= 0.3 is 6.03 Å². The van der Waals surface area contributed by atoms with Gasteiger partial charge in [-0.2, -0.15) is 0 Å². The third-order valence-electron chi connectivity index (χ3n) is 5.38. The lowest BCUT2D eigenvalue weighted by atomic mass is 9.93. The van der Waals surface area contributed by atoms with Crippen molar-refractivity contribution < 1.29 is 19.4 Å². The van der Waals surface area contributed by atoms with Crippen LogP contribution >= 0.6 is 0 Å². The number of hydrogen-bond donors (Lipinski definition) is 2. The molecule has 0 radical (unpaired) electrons. The molecule has 3 rings (SSSR count). The molecule has 2 N–H and O–H groups in total. The van der Waals surface area contributed by atoms with Crippen LogP contribution in [0.5, 0.6) is 11.5 Å². The summed E-state index contributed by atoms with van der Waals surface area (Å²) in [6.45, 7) is 2.16. The van der Waals surface area contributed by atoms with Crippen molar-refractivity contribution in [1.29, 1.82) is 0 Å². The van der Waals surface area contributed by atoms with Crippen LogP contribution in [0.1, 0.15) is 38.5 Å². The molecule has 6 heteroatoms. The zero-order valence-corrected chi connectivity index (χ0v) is 15.5. The standard InChI is InChI=1S/C20H30N2O4/c1-25-18-8-10-19(11-9-18)26-14-15-3-2-12-22(13-15)20(24)21-16-4-6-17(23)7-5-16/h8-11,15-17,23H,2-7,12-14H2,1H3,(H,21,24)/t15-,16?,17?/m0/s1. The van der Waals surface area contributed by atoms with E-state index >= 15 is 0 Å². The summed E-state index contributed by atoms with van der Waals surface area (Å²) in [5.74, 6) is 1.99. The Balaban J connectivity index is 1.43. The number of aliphatic hydroxyl groups is 1. The molecule has 2 fully saturated rings. The summed E-state index contributed by atoms with van der Waals surface area (Å²) in [7, 11) is 1.65. The fraction of sp³-hybridized carbons (Fsp3) is 0.650. The number of ether oxygens (including phenoxy) is 2. The maximum absolute atomic E-state index is 12.5. The maximum Gasteiger partial charge on any atom is 0.317 e. The Morgan fingerprint density at radius 3 is 2.54 bits per heavy atom. The van der Waals surface area contributed by atoms with Gasteiger partial charge in [0.25, 0.3) is 0 Å². The molecule has 2 amide bonds. The summed E-state index contributed by atoms with van der Waals surface area (Å²) in [6, 6.07) is 7.81. The van der Waals surface area contributed by atoms with E-state index in [1.54, 1.807) is 7.11 Å². The predicted molar refractivity (Wildman–Crippen MR) is 99.6 cm³/mol. The lowest BCUT2D eigenvalue weighted by Crippen LogP contribution is -2.50. The smallest absolute Gasteiger partial charge is 0.317 e. The van der Waals surface area contributed by atoms with Gasteiger partial charge in [-0.25, -0.2) is 4.79 Å². The Morgan fingerprint density at radius 1 is 1.15 bits per heavy atom. The van der Waals surface area contributed by atoms with E-state index in [-0.39, 0.29) is 18.2 Å². The number of carbonyl (C=O) groups is 1. The number of aliphatic hydroxyl groups excluding tert-OH is 1. The van der Waals surface area contributed by atoms with E-state index in [0.717, 1.165) is 63.1 Å². The molecule has 0 aromatic heterocycles. The van der Waals surface area contributed by atoms with Gasteiger partial charge in [0.1, 0.15) is 11.5 Å². The van der Waals surface area contributed by atoms with Crippen molar-refractivity contribution >= 4 is 6.03 Å². The summed E-state index contributed by atoms with van der Waals surface area (Å²) in [4.78, 5) is 14.4. The Kier molecular flexibility index (Phi) is 6.61. The molecule has 1 saturated carbocycles. The largest absolute Gasteiger partial charge is 0.497 e. The number of nitrogens with zero attached hydrogens (tertiary/aromatic N) is 1. The van der Waals surface area contributed by atoms with Crippen LogP contribution in [0.3, 0.4) is 0 Å². The van der Waals surface area contributed by atoms with Gasteiger partial charge < -0.3 is 24.8 Å². The summed E-state index contributed by atoms with van der Waals surface area (Å²) < 4.78 is 11.0. The van der Waals surface area contributed by atoms with Crippen LogP contribution in [0, 0.1) is 5.92 Å². The Hall–Kier alpha value is -1.95. The number of likely N-dealkylation sites (tertiary alicyclic amines) is 1. The highest BCUT2D eigenvalue weighted by Gasteiger charge is 2.27. The van der Waals surface area contributed by atoms with E-state index in [1.165, 1.54) is 0 Å². The first-order chi connectivity index (χ1) is 12.6. The van der Waals surface area contributed by atoms with Crippen LogP contribution < -0.4 is 14.8 Å². The minimum Gasteiger partial charge on any atom is -0.497 e. The second kappa shape index (κ2) is 9.12. The van der Waals surface area contributed by atoms with Gasteiger partial charge in [-0.3, -0.25) is 0 Å². The highest BCUT2D eigenvalue weighted by atomic mass is 16.5. The van der Waals surface area contributed by atoms with Gasteiger partial charge in [0.15, 0.2) is 0 Å². The van der Waals surface area contributed by atoms with Crippen molar-refractivity contribution in [3.8, 4) is 11.5 Å². The Morgan fingerprint density at radius 2 is 1.85 bits per heavy atom. The third-order valence-corrected chi connectivity index (χ3v) is 5.38. The fourth-order valence-electron chi connectivity index (χ4n) is 3.76. The first kappa shape index (κ1) is 18.8. The van der Waals surface area contributed by atoms with E-state index in [0.29, 0.717) is 12.5 Å². The minimum absolute atomic E-state index is 0.0283. The van der Waals surface area contributed by atoms with E-state index in [9.17, 15) is 9.90 Å². The van der Waals surface area contributed by atoms with Crippen LogP contribution in [0.25, 0.3) is 0 Å². The molecule has 0 unspecified atom stereocenters. The molecular weight excluding hydrogens is 332 g/mol. The molecule has 6 nitrogen and oxygen atoms in total. The van der Waals surface area contributed by atoms with Crippen LogP contribution in [-0.4, -0.2) is 55.0 Å². The number of methoxy groups -OCH3 is 1. The topological polar surface area (TPSA) is 71.0 Å². The Bertz CT molecular complexity index is 570. The molecule has 1 aliphatic heterocycles. The average Bonchev–Trinajstić information content (AvgIpc) is 2.69. The van der Waals surface area contributed by atoms with Crippen LogP contribution in [-0.2, 0) is 0 Å². The van der Waals surface area contributed by atoms with Gasteiger partial charge in [0.2, 0.25) is 0 Å². The van der Waals surface area contributed by atoms with Gasteiger partial charge in [-0.05, 0) is 62.8 Å².